The van der Waals surface area contributed by atoms with Gasteiger partial charge in [-0.2, -0.15) is 5.10 Å². The summed E-state index contributed by atoms with van der Waals surface area (Å²) in [5.74, 6) is 0. The molecule has 0 atom stereocenters. The van der Waals surface area contributed by atoms with Crippen LogP contribution in [0.15, 0.2) is 43.2 Å². The zero-order chi connectivity index (χ0) is 10.5. The van der Waals surface area contributed by atoms with E-state index in [9.17, 15) is 0 Å². The van der Waals surface area contributed by atoms with E-state index in [1.807, 2.05) is 35.1 Å². The Bertz CT molecular complexity index is 445. The minimum Gasteiger partial charge on any atom is -0.312 e. The SMILES string of the molecule is C=CCCNCc1cnn2ccccc12. The van der Waals surface area contributed by atoms with Crippen LogP contribution in [0.25, 0.3) is 5.52 Å². The van der Waals surface area contributed by atoms with Crippen LogP contribution in [0.4, 0.5) is 0 Å². The maximum absolute atomic E-state index is 4.27. The highest BCUT2D eigenvalue weighted by atomic mass is 15.2. The van der Waals surface area contributed by atoms with Crippen LogP contribution in [0.1, 0.15) is 12.0 Å². The van der Waals surface area contributed by atoms with E-state index in [0.717, 1.165) is 19.5 Å². The fraction of sp³-hybridized carbons (Fsp3) is 0.250. The molecule has 2 rings (SSSR count). The average molecular weight is 201 g/mol. The number of aromatic nitrogens is 2. The number of nitrogens with one attached hydrogen (secondary N) is 1. The number of rotatable bonds is 5. The Labute approximate surface area is 89.4 Å². The van der Waals surface area contributed by atoms with E-state index < -0.39 is 0 Å². The van der Waals surface area contributed by atoms with E-state index in [2.05, 4.69) is 23.1 Å². The quantitative estimate of drug-likeness (QED) is 0.592. The van der Waals surface area contributed by atoms with Crippen molar-refractivity contribution in [2.24, 2.45) is 0 Å². The molecule has 0 saturated carbocycles. The first-order valence-electron chi connectivity index (χ1n) is 5.14. The van der Waals surface area contributed by atoms with Gasteiger partial charge < -0.3 is 5.32 Å². The lowest BCUT2D eigenvalue weighted by Gasteiger charge is -2.00. The molecule has 0 radical (unpaired) electrons. The van der Waals surface area contributed by atoms with Crippen molar-refractivity contribution >= 4 is 5.52 Å². The van der Waals surface area contributed by atoms with Gasteiger partial charge >= 0.3 is 0 Å². The molecule has 0 amide bonds. The fourth-order valence-corrected chi connectivity index (χ4v) is 1.55. The smallest absolute Gasteiger partial charge is 0.0706 e. The Hall–Kier alpha value is -1.61. The summed E-state index contributed by atoms with van der Waals surface area (Å²) < 4.78 is 1.89. The highest BCUT2D eigenvalue weighted by Gasteiger charge is 2.01. The summed E-state index contributed by atoms with van der Waals surface area (Å²) in [7, 11) is 0. The molecular weight excluding hydrogens is 186 g/mol. The Balaban J connectivity index is 2.05. The number of hydrogen-bond donors (Lipinski definition) is 1. The third-order valence-electron chi connectivity index (χ3n) is 2.35. The number of pyridine rings is 1. The van der Waals surface area contributed by atoms with Crippen molar-refractivity contribution in [3.63, 3.8) is 0 Å². The van der Waals surface area contributed by atoms with Gasteiger partial charge in [-0.05, 0) is 25.1 Å². The zero-order valence-electron chi connectivity index (χ0n) is 8.69. The first kappa shape index (κ1) is 9.93. The molecule has 0 aliphatic heterocycles. The van der Waals surface area contributed by atoms with Crippen LogP contribution in [0, 0.1) is 0 Å². The summed E-state index contributed by atoms with van der Waals surface area (Å²) in [6.45, 7) is 5.52. The third-order valence-corrected chi connectivity index (χ3v) is 2.35. The normalized spacial score (nSPS) is 10.7. The van der Waals surface area contributed by atoms with E-state index in [1.54, 1.807) is 0 Å². The minimum atomic E-state index is 0.862. The Morgan fingerprint density at radius 3 is 3.27 bits per heavy atom. The van der Waals surface area contributed by atoms with E-state index in [1.165, 1.54) is 11.1 Å². The first-order chi connectivity index (χ1) is 7.42. The third kappa shape index (κ3) is 2.25. The average Bonchev–Trinajstić information content (AvgIpc) is 2.68. The maximum atomic E-state index is 4.27. The van der Waals surface area contributed by atoms with Gasteiger partial charge in [0, 0.05) is 18.3 Å². The largest absolute Gasteiger partial charge is 0.312 e. The van der Waals surface area contributed by atoms with Crippen molar-refractivity contribution in [1.82, 2.24) is 14.9 Å². The molecule has 0 bridgehead atoms. The topological polar surface area (TPSA) is 29.3 Å². The van der Waals surface area contributed by atoms with Gasteiger partial charge in [0.1, 0.15) is 0 Å². The van der Waals surface area contributed by atoms with Gasteiger partial charge in [0.2, 0.25) is 0 Å². The molecule has 15 heavy (non-hydrogen) atoms. The van der Waals surface area contributed by atoms with E-state index >= 15 is 0 Å². The lowest BCUT2D eigenvalue weighted by molar-refractivity contribution is 0.699. The molecule has 0 aromatic carbocycles. The maximum Gasteiger partial charge on any atom is 0.0706 e. The second-order valence-electron chi connectivity index (χ2n) is 3.45. The Morgan fingerprint density at radius 2 is 2.40 bits per heavy atom. The molecule has 2 heterocycles. The van der Waals surface area contributed by atoms with Crippen LogP contribution in [0.2, 0.25) is 0 Å². The highest BCUT2D eigenvalue weighted by Crippen LogP contribution is 2.08. The second-order valence-corrected chi connectivity index (χ2v) is 3.45. The van der Waals surface area contributed by atoms with Crippen molar-refractivity contribution in [3.05, 3.63) is 48.8 Å². The summed E-state index contributed by atoms with van der Waals surface area (Å²) in [5.41, 5.74) is 2.41. The highest BCUT2D eigenvalue weighted by molar-refractivity contribution is 5.53. The lowest BCUT2D eigenvalue weighted by atomic mass is 10.2. The summed E-state index contributed by atoms with van der Waals surface area (Å²) in [6.07, 6.45) is 6.79. The predicted octanol–water partition coefficient (Wildman–Crippen LogP) is 2.00. The van der Waals surface area contributed by atoms with Crippen LogP contribution in [0.5, 0.6) is 0 Å². The Kier molecular flexibility index (Phi) is 3.15. The first-order valence-corrected chi connectivity index (χ1v) is 5.14. The molecule has 0 unspecified atom stereocenters. The van der Waals surface area contributed by atoms with Crippen molar-refractivity contribution in [3.8, 4) is 0 Å². The van der Waals surface area contributed by atoms with Crippen molar-refractivity contribution in [1.29, 1.82) is 0 Å². The summed E-state index contributed by atoms with van der Waals surface area (Å²) in [6, 6.07) is 6.09. The van der Waals surface area contributed by atoms with Gasteiger partial charge in [-0.15, -0.1) is 6.58 Å². The van der Waals surface area contributed by atoms with Crippen LogP contribution in [-0.4, -0.2) is 16.2 Å². The van der Waals surface area contributed by atoms with Gasteiger partial charge in [-0.25, -0.2) is 4.52 Å². The number of nitrogens with zero attached hydrogens (tertiary/aromatic N) is 2. The van der Waals surface area contributed by atoms with Gasteiger partial charge in [0.05, 0.1) is 11.7 Å². The van der Waals surface area contributed by atoms with Crippen LogP contribution in [0.3, 0.4) is 0 Å². The molecule has 0 saturated heterocycles. The summed E-state index contributed by atoms with van der Waals surface area (Å²) in [5, 5.41) is 7.63. The molecular formula is C12H15N3. The number of fused-ring (bicyclic) bond motifs is 1. The van der Waals surface area contributed by atoms with E-state index in [0.29, 0.717) is 0 Å². The molecule has 1 N–H and O–H groups in total. The molecule has 0 aliphatic carbocycles. The molecule has 2 aromatic rings. The molecule has 78 valence electrons. The minimum absolute atomic E-state index is 0.862. The van der Waals surface area contributed by atoms with E-state index in [-0.39, 0.29) is 0 Å². The number of hydrogen-bond acceptors (Lipinski definition) is 2. The lowest BCUT2D eigenvalue weighted by Crippen LogP contribution is -2.13. The van der Waals surface area contributed by atoms with Gasteiger partial charge in [0.15, 0.2) is 0 Å². The second kappa shape index (κ2) is 4.75. The van der Waals surface area contributed by atoms with Crippen molar-refractivity contribution in [2.45, 2.75) is 13.0 Å². The summed E-state index contributed by atoms with van der Waals surface area (Å²) in [4.78, 5) is 0. The predicted molar refractivity (Wildman–Crippen MR) is 61.7 cm³/mol. The molecule has 0 fully saturated rings. The van der Waals surface area contributed by atoms with Crippen LogP contribution < -0.4 is 5.32 Å². The molecule has 3 heteroatoms. The molecule has 2 aromatic heterocycles. The van der Waals surface area contributed by atoms with Gasteiger partial charge in [-0.1, -0.05) is 12.1 Å². The van der Waals surface area contributed by atoms with Crippen molar-refractivity contribution < 1.29 is 0 Å². The van der Waals surface area contributed by atoms with Crippen molar-refractivity contribution in [2.75, 3.05) is 6.54 Å². The monoisotopic (exact) mass is 201 g/mol. The fourth-order valence-electron chi connectivity index (χ4n) is 1.55. The standard InChI is InChI=1S/C12H15N3/c1-2-3-7-13-9-11-10-14-15-8-5-4-6-12(11)15/h2,4-6,8,10,13H,1,3,7,9H2. The van der Waals surface area contributed by atoms with Crippen LogP contribution >= 0.6 is 0 Å². The summed E-state index contributed by atoms with van der Waals surface area (Å²) >= 11 is 0. The van der Waals surface area contributed by atoms with E-state index in [4.69, 9.17) is 0 Å². The van der Waals surface area contributed by atoms with Gasteiger partial charge in [-0.3, -0.25) is 0 Å². The molecule has 0 spiro atoms. The zero-order valence-corrected chi connectivity index (χ0v) is 8.69. The Morgan fingerprint density at radius 1 is 1.47 bits per heavy atom. The van der Waals surface area contributed by atoms with Crippen LogP contribution in [-0.2, 0) is 6.54 Å². The van der Waals surface area contributed by atoms with Gasteiger partial charge in [0.25, 0.3) is 0 Å². The molecule has 0 aliphatic rings. The molecule has 3 nitrogen and oxygen atoms in total.